The Morgan fingerprint density at radius 3 is 1.71 bits per heavy atom. The van der Waals surface area contributed by atoms with Gasteiger partial charge in [0.05, 0.1) is 39.4 Å². The van der Waals surface area contributed by atoms with Gasteiger partial charge in [-0.05, 0) is 70.4 Å². The molecule has 0 saturated carbocycles. The van der Waals surface area contributed by atoms with Crippen molar-refractivity contribution >= 4 is 54.4 Å². The lowest BCUT2D eigenvalue weighted by molar-refractivity contribution is 1.06. The third-order valence-electron chi connectivity index (χ3n) is 12.0. The van der Waals surface area contributed by atoms with Crippen LogP contribution in [0.1, 0.15) is 5.56 Å². The predicted molar refractivity (Wildman–Crippen MR) is 252 cm³/mol. The molecule has 62 heavy (non-hydrogen) atoms. The molecule has 0 N–H and O–H groups in total. The van der Waals surface area contributed by atoms with E-state index in [2.05, 4.69) is 155 Å². The van der Waals surface area contributed by atoms with E-state index in [-0.39, 0.29) is 0 Å². The number of aromatic nitrogens is 5. The number of nitrogens with zero attached hydrogens (tertiary/aromatic N) is 6. The Morgan fingerprint density at radius 2 is 0.968 bits per heavy atom. The fraction of sp³-hybridized carbons (Fsp3) is 0. The maximum atomic E-state index is 10.4. The largest absolute Gasteiger partial charge is 0.309 e. The second kappa shape index (κ2) is 14.3. The van der Waals surface area contributed by atoms with Crippen molar-refractivity contribution in [1.29, 1.82) is 5.26 Å². The third-order valence-corrected chi connectivity index (χ3v) is 12.0. The van der Waals surface area contributed by atoms with Gasteiger partial charge in [0, 0.05) is 43.9 Å². The molecule has 0 unspecified atom stereocenters. The van der Waals surface area contributed by atoms with Crippen LogP contribution in [0.4, 0.5) is 0 Å². The third kappa shape index (κ3) is 5.68. The molecule has 0 radical (unpaired) electrons. The molecule has 12 rings (SSSR count). The first-order valence-corrected chi connectivity index (χ1v) is 20.7. The molecule has 9 aromatic carbocycles. The molecule has 288 valence electrons. The van der Waals surface area contributed by atoms with Gasteiger partial charge in [0.15, 0.2) is 17.5 Å². The topological polar surface area (TPSA) is 72.3 Å². The van der Waals surface area contributed by atoms with E-state index in [0.717, 1.165) is 82.8 Å². The first kappa shape index (κ1) is 35.3. The molecule has 0 bridgehead atoms. The molecule has 0 spiro atoms. The zero-order valence-electron chi connectivity index (χ0n) is 33.3. The van der Waals surface area contributed by atoms with Crippen LogP contribution in [0.3, 0.4) is 0 Å². The highest BCUT2D eigenvalue weighted by Gasteiger charge is 2.24. The van der Waals surface area contributed by atoms with Crippen LogP contribution in [-0.4, -0.2) is 24.1 Å². The fourth-order valence-electron chi connectivity index (χ4n) is 9.12. The minimum atomic E-state index is 0.477. The Balaban J connectivity index is 1.14. The monoisotopic (exact) mass is 790 g/mol. The molecule has 6 heteroatoms. The van der Waals surface area contributed by atoms with Crippen LogP contribution in [0.15, 0.2) is 206 Å². The van der Waals surface area contributed by atoms with E-state index in [1.165, 1.54) is 10.8 Å². The standard InChI is InChI=1S/C56H34N6/c57-35-36-23-31-50(47(33-36)56-59-54(40-16-5-2-6-17-40)58-55(60-56)41-26-24-39(25-27-41)37-13-3-1-4-14-37)62-48-21-11-9-19-44(48)45-30-32-51-52(53(45)62)46-20-10-12-22-49(46)61(51)43-29-28-38-15-7-8-18-42(38)34-43/h1-34H. The number of hydrogen-bond donors (Lipinski definition) is 0. The molecule has 0 amide bonds. The van der Waals surface area contributed by atoms with E-state index in [4.69, 9.17) is 15.0 Å². The van der Waals surface area contributed by atoms with Crippen molar-refractivity contribution in [2.45, 2.75) is 0 Å². The van der Waals surface area contributed by atoms with Gasteiger partial charge in [-0.3, -0.25) is 0 Å². The van der Waals surface area contributed by atoms with Crippen molar-refractivity contribution < 1.29 is 0 Å². The Labute approximate surface area is 356 Å². The summed E-state index contributed by atoms with van der Waals surface area (Å²) in [4.78, 5) is 15.5. The SMILES string of the molecule is N#Cc1ccc(-n2c3ccccc3c3ccc4c(c5ccccc5n4-c4ccc5ccccc5c4)c32)c(-c2nc(-c3ccccc3)nc(-c3ccc(-c4ccccc4)cc3)n2)c1. The van der Waals surface area contributed by atoms with E-state index in [1.54, 1.807) is 0 Å². The number of para-hydroxylation sites is 2. The summed E-state index contributed by atoms with van der Waals surface area (Å²) in [5, 5.41) is 17.3. The smallest absolute Gasteiger partial charge is 0.166 e. The summed E-state index contributed by atoms with van der Waals surface area (Å²) in [7, 11) is 0. The van der Waals surface area contributed by atoms with Crippen molar-refractivity contribution in [2.24, 2.45) is 0 Å². The summed E-state index contributed by atoms with van der Waals surface area (Å²) in [5.74, 6) is 1.57. The number of benzene rings is 9. The normalized spacial score (nSPS) is 11.5. The van der Waals surface area contributed by atoms with Crippen LogP contribution in [0.25, 0.3) is 111 Å². The Hall–Kier alpha value is -8.66. The Kier molecular flexibility index (Phi) is 8.12. The maximum Gasteiger partial charge on any atom is 0.166 e. The van der Waals surface area contributed by atoms with Crippen LogP contribution >= 0.6 is 0 Å². The maximum absolute atomic E-state index is 10.4. The van der Waals surface area contributed by atoms with Crippen LogP contribution in [-0.2, 0) is 0 Å². The van der Waals surface area contributed by atoms with Gasteiger partial charge in [0.2, 0.25) is 0 Å². The molecule has 0 aliphatic carbocycles. The van der Waals surface area contributed by atoms with E-state index in [1.807, 2.05) is 66.7 Å². The van der Waals surface area contributed by atoms with Gasteiger partial charge in [-0.1, -0.05) is 158 Å². The molecule has 3 aromatic heterocycles. The van der Waals surface area contributed by atoms with E-state index in [9.17, 15) is 5.26 Å². The average Bonchev–Trinajstić information content (AvgIpc) is 3.87. The highest BCUT2D eigenvalue weighted by atomic mass is 15.1. The molecular weight excluding hydrogens is 757 g/mol. The number of nitriles is 1. The molecule has 0 aliphatic rings. The average molecular weight is 791 g/mol. The van der Waals surface area contributed by atoms with Gasteiger partial charge >= 0.3 is 0 Å². The Morgan fingerprint density at radius 1 is 0.387 bits per heavy atom. The van der Waals surface area contributed by atoms with Crippen LogP contribution in [0, 0.1) is 11.3 Å². The van der Waals surface area contributed by atoms with E-state index < -0.39 is 0 Å². The highest BCUT2D eigenvalue weighted by molar-refractivity contribution is 6.26. The lowest BCUT2D eigenvalue weighted by Crippen LogP contribution is -2.04. The first-order valence-electron chi connectivity index (χ1n) is 20.7. The summed E-state index contributed by atoms with van der Waals surface area (Å²) in [6, 6.07) is 73.9. The molecule has 0 atom stereocenters. The lowest BCUT2D eigenvalue weighted by atomic mass is 10.0. The van der Waals surface area contributed by atoms with Crippen molar-refractivity contribution in [1.82, 2.24) is 24.1 Å². The van der Waals surface area contributed by atoms with Crippen LogP contribution in [0.2, 0.25) is 0 Å². The molecule has 0 aliphatic heterocycles. The van der Waals surface area contributed by atoms with E-state index >= 15 is 0 Å². The lowest BCUT2D eigenvalue weighted by Gasteiger charge is -2.16. The molecule has 12 aromatic rings. The van der Waals surface area contributed by atoms with Gasteiger partial charge in [0.25, 0.3) is 0 Å². The number of fused-ring (bicyclic) bond motifs is 8. The second-order valence-electron chi connectivity index (χ2n) is 15.6. The van der Waals surface area contributed by atoms with Gasteiger partial charge in [-0.25, -0.2) is 15.0 Å². The second-order valence-corrected chi connectivity index (χ2v) is 15.6. The summed E-state index contributed by atoms with van der Waals surface area (Å²) < 4.78 is 4.73. The molecular formula is C56H34N6. The summed E-state index contributed by atoms with van der Waals surface area (Å²) >= 11 is 0. The van der Waals surface area contributed by atoms with Gasteiger partial charge in [-0.15, -0.1) is 0 Å². The Bertz CT molecular complexity index is 3750. The summed E-state index contributed by atoms with van der Waals surface area (Å²) in [6.45, 7) is 0. The zero-order valence-corrected chi connectivity index (χ0v) is 33.3. The van der Waals surface area contributed by atoms with Crippen molar-refractivity contribution in [3.63, 3.8) is 0 Å². The van der Waals surface area contributed by atoms with Gasteiger partial charge in [-0.2, -0.15) is 5.26 Å². The molecule has 0 fully saturated rings. The van der Waals surface area contributed by atoms with Crippen molar-refractivity contribution in [2.75, 3.05) is 0 Å². The zero-order chi connectivity index (χ0) is 41.1. The van der Waals surface area contributed by atoms with Gasteiger partial charge in [0.1, 0.15) is 0 Å². The molecule has 0 saturated heterocycles. The number of rotatable bonds is 6. The molecule has 3 heterocycles. The minimum Gasteiger partial charge on any atom is -0.309 e. The van der Waals surface area contributed by atoms with Crippen LogP contribution in [0.5, 0.6) is 0 Å². The fourth-order valence-corrected chi connectivity index (χ4v) is 9.12. The minimum absolute atomic E-state index is 0.477. The summed E-state index contributed by atoms with van der Waals surface area (Å²) in [6.07, 6.45) is 0. The van der Waals surface area contributed by atoms with Gasteiger partial charge < -0.3 is 9.13 Å². The first-order chi connectivity index (χ1) is 30.7. The highest BCUT2D eigenvalue weighted by Crippen LogP contribution is 2.44. The van der Waals surface area contributed by atoms with Crippen molar-refractivity contribution in [3.05, 3.63) is 212 Å². The van der Waals surface area contributed by atoms with Crippen LogP contribution < -0.4 is 0 Å². The molecule has 6 nitrogen and oxygen atoms in total. The van der Waals surface area contributed by atoms with E-state index in [0.29, 0.717) is 23.0 Å². The predicted octanol–water partition coefficient (Wildman–Crippen LogP) is 13.8. The number of hydrogen-bond acceptors (Lipinski definition) is 4. The van der Waals surface area contributed by atoms with Crippen molar-refractivity contribution in [3.8, 4) is 62.7 Å². The summed E-state index contributed by atoms with van der Waals surface area (Å²) in [5.41, 5.74) is 11.5. The quantitative estimate of drug-likeness (QED) is 0.168.